The molecule has 0 heterocycles. The van der Waals surface area contributed by atoms with E-state index in [4.69, 9.17) is 0 Å². The van der Waals surface area contributed by atoms with Crippen molar-refractivity contribution in [1.29, 1.82) is 0 Å². The van der Waals surface area contributed by atoms with E-state index in [-0.39, 0.29) is 0 Å². The number of hydrogen-bond acceptors (Lipinski definition) is 0. The third kappa shape index (κ3) is 1.92. The van der Waals surface area contributed by atoms with Crippen LogP contribution in [0.3, 0.4) is 0 Å². The predicted octanol–water partition coefficient (Wildman–Crippen LogP) is 3.40. The summed E-state index contributed by atoms with van der Waals surface area (Å²) in [6.07, 6.45) is 5.74. The molecule has 0 saturated carbocycles. The Morgan fingerprint density at radius 2 is 2.09 bits per heavy atom. The molecule has 1 unspecified atom stereocenters. The molecule has 0 amide bonds. The molecule has 1 atom stereocenters. The second-order valence-corrected chi connectivity index (χ2v) is 2.95. The molecular weight excluding hydrogens is 139 g/mol. The highest BCUT2D eigenvalue weighted by Gasteiger charge is 2.15. The number of alkyl halides is 1. The molecular formula is C10H15F. The van der Waals surface area contributed by atoms with Crippen LogP contribution in [0.5, 0.6) is 0 Å². The van der Waals surface area contributed by atoms with Gasteiger partial charge in [-0.2, -0.15) is 0 Å². The van der Waals surface area contributed by atoms with Gasteiger partial charge in [0.25, 0.3) is 0 Å². The van der Waals surface area contributed by atoms with Gasteiger partial charge < -0.3 is 0 Å². The fraction of sp³-hybridized carbons (Fsp3) is 0.600. The monoisotopic (exact) mass is 154 g/mol. The summed E-state index contributed by atoms with van der Waals surface area (Å²) in [5, 5.41) is 0. The van der Waals surface area contributed by atoms with Crippen LogP contribution >= 0.6 is 0 Å². The van der Waals surface area contributed by atoms with E-state index in [1.54, 1.807) is 0 Å². The molecule has 62 valence electrons. The Balaban J connectivity index is 2.69. The number of rotatable bonds is 2. The molecule has 0 N–H and O–H groups in total. The van der Waals surface area contributed by atoms with Gasteiger partial charge in [0.15, 0.2) is 0 Å². The van der Waals surface area contributed by atoms with Crippen molar-refractivity contribution in [1.82, 2.24) is 0 Å². The molecule has 11 heavy (non-hydrogen) atoms. The van der Waals surface area contributed by atoms with Gasteiger partial charge in [-0.25, -0.2) is 4.39 Å². The quantitative estimate of drug-likeness (QED) is 0.571. The van der Waals surface area contributed by atoms with Gasteiger partial charge in [0.2, 0.25) is 0 Å². The zero-order valence-corrected chi connectivity index (χ0v) is 7.23. The average Bonchev–Trinajstić information content (AvgIpc) is 2.04. The van der Waals surface area contributed by atoms with Crippen molar-refractivity contribution in [2.75, 3.05) is 0 Å². The van der Waals surface area contributed by atoms with Crippen LogP contribution in [-0.4, -0.2) is 6.17 Å². The van der Waals surface area contributed by atoms with Gasteiger partial charge in [0, 0.05) is 6.42 Å². The molecule has 0 bridgehead atoms. The van der Waals surface area contributed by atoms with Crippen LogP contribution in [0.25, 0.3) is 0 Å². The Hall–Kier alpha value is -0.590. The number of hydrogen-bond donors (Lipinski definition) is 0. The Kier molecular flexibility index (Phi) is 2.86. The van der Waals surface area contributed by atoms with Gasteiger partial charge in [-0.05, 0) is 18.4 Å². The summed E-state index contributed by atoms with van der Waals surface area (Å²) in [6.45, 7) is 4.08. The maximum absolute atomic E-state index is 13.2. The van der Waals surface area contributed by atoms with E-state index in [2.05, 4.69) is 13.0 Å². The summed E-state index contributed by atoms with van der Waals surface area (Å²) in [7, 11) is 0. The SMILES string of the molecule is CCC1=CC=C(CC)C(F)C1. The second-order valence-electron chi connectivity index (χ2n) is 2.95. The minimum absolute atomic E-state index is 0.621. The molecule has 0 spiro atoms. The van der Waals surface area contributed by atoms with Crippen LogP contribution < -0.4 is 0 Å². The predicted molar refractivity (Wildman–Crippen MR) is 46.3 cm³/mol. The fourth-order valence-corrected chi connectivity index (χ4v) is 1.36. The van der Waals surface area contributed by atoms with E-state index in [1.807, 2.05) is 13.0 Å². The normalized spacial score (nSPS) is 24.5. The van der Waals surface area contributed by atoms with E-state index >= 15 is 0 Å². The third-order valence-electron chi connectivity index (χ3n) is 2.24. The van der Waals surface area contributed by atoms with Crippen molar-refractivity contribution < 1.29 is 4.39 Å². The van der Waals surface area contributed by atoms with Crippen molar-refractivity contribution in [3.05, 3.63) is 23.3 Å². The molecule has 0 fully saturated rings. The van der Waals surface area contributed by atoms with Crippen LogP contribution in [0.4, 0.5) is 4.39 Å². The van der Waals surface area contributed by atoms with Crippen LogP contribution in [0.2, 0.25) is 0 Å². The van der Waals surface area contributed by atoms with Crippen molar-refractivity contribution in [2.45, 2.75) is 39.3 Å². The van der Waals surface area contributed by atoms with Gasteiger partial charge >= 0.3 is 0 Å². The zero-order valence-electron chi connectivity index (χ0n) is 7.23. The molecule has 1 aliphatic rings. The zero-order chi connectivity index (χ0) is 8.27. The lowest BCUT2D eigenvalue weighted by Gasteiger charge is -2.16. The Morgan fingerprint density at radius 3 is 2.55 bits per heavy atom. The molecule has 1 aliphatic carbocycles. The molecule has 1 rings (SSSR count). The van der Waals surface area contributed by atoms with Crippen LogP contribution in [0, 0.1) is 0 Å². The second kappa shape index (κ2) is 3.70. The maximum Gasteiger partial charge on any atom is 0.125 e. The maximum atomic E-state index is 13.2. The van der Waals surface area contributed by atoms with Crippen molar-refractivity contribution in [3.8, 4) is 0 Å². The first-order chi connectivity index (χ1) is 5.27. The Labute approximate surface area is 67.8 Å². The van der Waals surface area contributed by atoms with Crippen molar-refractivity contribution in [3.63, 3.8) is 0 Å². The van der Waals surface area contributed by atoms with Crippen LogP contribution in [0.1, 0.15) is 33.1 Å². The van der Waals surface area contributed by atoms with E-state index in [9.17, 15) is 4.39 Å². The largest absolute Gasteiger partial charge is 0.242 e. The molecule has 0 aromatic rings. The molecule has 0 aliphatic heterocycles. The van der Waals surface area contributed by atoms with Crippen molar-refractivity contribution >= 4 is 0 Å². The minimum atomic E-state index is -0.708. The van der Waals surface area contributed by atoms with Gasteiger partial charge in [0.05, 0.1) is 0 Å². The molecule has 0 saturated heterocycles. The lowest BCUT2D eigenvalue weighted by atomic mass is 9.94. The molecule has 1 heteroatoms. The summed E-state index contributed by atoms with van der Waals surface area (Å²) >= 11 is 0. The number of allylic oxidation sites excluding steroid dienone is 4. The van der Waals surface area contributed by atoms with Crippen molar-refractivity contribution in [2.24, 2.45) is 0 Å². The number of halogens is 1. The smallest absolute Gasteiger partial charge is 0.125 e. The summed E-state index contributed by atoms with van der Waals surface area (Å²) in [4.78, 5) is 0. The molecule has 0 nitrogen and oxygen atoms in total. The Bertz CT molecular complexity index is 189. The van der Waals surface area contributed by atoms with E-state index in [0.29, 0.717) is 6.42 Å². The topological polar surface area (TPSA) is 0 Å². The Morgan fingerprint density at radius 1 is 1.36 bits per heavy atom. The first kappa shape index (κ1) is 8.51. The lowest BCUT2D eigenvalue weighted by molar-refractivity contribution is 0.367. The summed E-state index contributed by atoms with van der Waals surface area (Å²) in [5.74, 6) is 0. The van der Waals surface area contributed by atoms with E-state index < -0.39 is 6.17 Å². The molecule has 0 aromatic carbocycles. The first-order valence-corrected chi connectivity index (χ1v) is 4.30. The highest BCUT2D eigenvalue weighted by atomic mass is 19.1. The lowest BCUT2D eigenvalue weighted by Crippen LogP contribution is -2.08. The van der Waals surface area contributed by atoms with Gasteiger partial charge in [-0.3, -0.25) is 0 Å². The fourth-order valence-electron chi connectivity index (χ4n) is 1.36. The summed E-state index contributed by atoms with van der Waals surface area (Å²) < 4.78 is 13.2. The van der Waals surface area contributed by atoms with Gasteiger partial charge in [-0.15, -0.1) is 0 Å². The highest BCUT2D eigenvalue weighted by Crippen LogP contribution is 2.25. The highest BCUT2D eigenvalue weighted by molar-refractivity contribution is 5.27. The van der Waals surface area contributed by atoms with E-state index in [0.717, 1.165) is 18.4 Å². The standard InChI is InChI=1S/C10H15F/c1-3-8-5-6-9(4-2)10(11)7-8/h5-6,10H,3-4,7H2,1-2H3. The third-order valence-corrected chi connectivity index (χ3v) is 2.24. The average molecular weight is 154 g/mol. The van der Waals surface area contributed by atoms with E-state index in [1.165, 1.54) is 5.57 Å². The summed E-state index contributed by atoms with van der Waals surface area (Å²) in [5.41, 5.74) is 2.18. The molecule has 0 aromatic heterocycles. The molecule has 0 radical (unpaired) electrons. The van der Waals surface area contributed by atoms with Gasteiger partial charge in [0.1, 0.15) is 6.17 Å². The van der Waals surface area contributed by atoms with Crippen LogP contribution in [0.15, 0.2) is 23.3 Å². The summed E-state index contributed by atoms with van der Waals surface area (Å²) in [6, 6.07) is 0. The minimum Gasteiger partial charge on any atom is -0.242 e. The van der Waals surface area contributed by atoms with Gasteiger partial charge in [-0.1, -0.05) is 31.6 Å². The van der Waals surface area contributed by atoms with Crippen LogP contribution in [-0.2, 0) is 0 Å². The first-order valence-electron chi connectivity index (χ1n) is 4.30.